The van der Waals surface area contributed by atoms with Gasteiger partial charge in [0.05, 0.1) is 4.92 Å². The van der Waals surface area contributed by atoms with Gasteiger partial charge in [-0.25, -0.2) is 0 Å². The van der Waals surface area contributed by atoms with Gasteiger partial charge < -0.3 is 5.32 Å². The van der Waals surface area contributed by atoms with Crippen LogP contribution in [0.15, 0.2) is 42.5 Å². The molecule has 0 atom stereocenters. The van der Waals surface area contributed by atoms with Crippen LogP contribution < -0.4 is 5.32 Å². The summed E-state index contributed by atoms with van der Waals surface area (Å²) in [5.41, 5.74) is 2.99. The van der Waals surface area contributed by atoms with Crippen molar-refractivity contribution in [2.75, 3.05) is 5.32 Å². The van der Waals surface area contributed by atoms with E-state index in [0.717, 1.165) is 12.1 Å². The lowest BCUT2D eigenvalue weighted by molar-refractivity contribution is -0.384. The van der Waals surface area contributed by atoms with Crippen LogP contribution in [0.5, 0.6) is 0 Å². The Labute approximate surface area is 122 Å². The van der Waals surface area contributed by atoms with Crippen LogP contribution in [0.3, 0.4) is 0 Å². The van der Waals surface area contributed by atoms with Gasteiger partial charge in [0, 0.05) is 29.4 Å². The second kappa shape index (κ2) is 6.39. The van der Waals surface area contributed by atoms with Crippen molar-refractivity contribution in [2.24, 2.45) is 0 Å². The molecule has 1 N–H and O–H groups in total. The first-order chi connectivity index (χ1) is 9.60. The number of nitrogens with one attached hydrogen (secondary N) is 1. The Kier molecular flexibility index (Phi) is 4.58. The highest BCUT2D eigenvalue weighted by atomic mass is 35.5. The third kappa shape index (κ3) is 3.48. The quantitative estimate of drug-likeness (QED) is 0.655. The van der Waals surface area contributed by atoms with Gasteiger partial charge in [-0.05, 0) is 35.7 Å². The zero-order chi connectivity index (χ0) is 14.5. The summed E-state index contributed by atoms with van der Waals surface area (Å²) < 4.78 is 0. The molecule has 0 saturated heterocycles. The summed E-state index contributed by atoms with van der Waals surface area (Å²) in [6, 6.07) is 12.5. The van der Waals surface area contributed by atoms with Gasteiger partial charge in [-0.3, -0.25) is 10.1 Å². The molecule has 0 saturated carbocycles. The van der Waals surface area contributed by atoms with E-state index in [1.807, 2.05) is 12.1 Å². The number of halogens is 1. The minimum absolute atomic E-state index is 0.0486. The Hall–Kier alpha value is -2.07. The van der Waals surface area contributed by atoms with E-state index in [2.05, 4.69) is 24.4 Å². The molecular weight excluding hydrogens is 276 g/mol. The van der Waals surface area contributed by atoms with E-state index in [-0.39, 0.29) is 5.69 Å². The number of aryl methyl sites for hydroxylation is 1. The summed E-state index contributed by atoms with van der Waals surface area (Å²) in [4.78, 5) is 10.3. The number of hydrogen-bond acceptors (Lipinski definition) is 3. The van der Waals surface area contributed by atoms with Gasteiger partial charge in [0.1, 0.15) is 0 Å². The van der Waals surface area contributed by atoms with Crippen LogP contribution in [0.1, 0.15) is 18.1 Å². The Balaban J connectivity index is 2.09. The van der Waals surface area contributed by atoms with Crippen molar-refractivity contribution in [1.82, 2.24) is 0 Å². The second-order valence-corrected chi connectivity index (χ2v) is 4.84. The molecule has 0 aromatic heterocycles. The maximum Gasteiger partial charge on any atom is 0.269 e. The number of nitro groups is 1. The summed E-state index contributed by atoms with van der Waals surface area (Å²) in [6.07, 6.45) is 0.997. The molecule has 0 bridgehead atoms. The van der Waals surface area contributed by atoms with Crippen molar-refractivity contribution in [3.05, 3.63) is 68.7 Å². The fourth-order valence-electron chi connectivity index (χ4n) is 1.87. The average Bonchev–Trinajstić information content (AvgIpc) is 2.46. The molecule has 0 radical (unpaired) electrons. The lowest BCUT2D eigenvalue weighted by Gasteiger charge is -2.08. The van der Waals surface area contributed by atoms with E-state index in [1.54, 1.807) is 6.07 Å². The molecule has 2 rings (SSSR count). The SMILES string of the molecule is CCc1ccc(NCc2cc([N+](=O)[O-])ccc2Cl)cc1. The van der Waals surface area contributed by atoms with Crippen LogP contribution in [0, 0.1) is 10.1 Å². The van der Waals surface area contributed by atoms with Gasteiger partial charge in [-0.15, -0.1) is 0 Å². The molecule has 2 aromatic carbocycles. The molecular formula is C15H15ClN2O2. The highest BCUT2D eigenvalue weighted by Gasteiger charge is 2.09. The van der Waals surface area contributed by atoms with Gasteiger partial charge >= 0.3 is 0 Å². The van der Waals surface area contributed by atoms with Crippen molar-refractivity contribution in [1.29, 1.82) is 0 Å². The van der Waals surface area contributed by atoms with E-state index in [4.69, 9.17) is 11.6 Å². The number of hydrogen-bond donors (Lipinski definition) is 1. The normalized spacial score (nSPS) is 10.3. The molecule has 0 amide bonds. The molecule has 0 aliphatic carbocycles. The number of anilines is 1. The highest BCUT2D eigenvalue weighted by molar-refractivity contribution is 6.31. The summed E-state index contributed by atoms with van der Waals surface area (Å²) in [5, 5.41) is 14.5. The van der Waals surface area contributed by atoms with Crippen molar-refractivity contribution in [3.63, 3.8) is 0 Å². The lowest BCUT2D eigenvalue weighted by atomic mass is 10.1. The van der Waals surface area contributed by atoms with Crippen molar-refractivity contribution in [2.45, 2.75) is 19.9 Å². The first-order valence-corrected chi connectivity index (χ1v) is 6.73. The lowest BCUT2D eigenvalue weighted by Crippen LogP contribution is -2.01. The first-order valence-electron chi connectivity index (χ1n) is 6.35. The minimum atomic E-state index is -0.421. The Morgan fingerprint density at radius 1 is 1.20 bits per heavy atom. The molecule has 0 spiro atoms. The van der Waals surface area contributed by atoms with Crippen LogP contribution in [0.2, 0.25) is 5.02 Å². The molecule has 0 aliphatic rings. The standard InChI is InChI=1S/C15H15ClN2O2/c1-2-11-3-5-13(6-4-11)17-10-12-9-14(18(19)20)7-8-15(12)16/h3-9,17H,2,10H2,1H3. The van der Waals surface area contributed by atoms with Gasteiger partial charge in [0.25, 0.3) is 5.69 Å². The predicted octanol–water partition coefficient (Wildman–Crippen LogP) is 4.42. The van der Waals surface area contributed by atoms with E-state index < -0.39 is 4.92 Å². The Bertz CT molecular complexity index is 612. The molecule has 5 heteroatoms. The van der Waals surface area contributed by atoms with Crippen molar-refractivity contribution >= 4 is 23.0 Å². The molecule has 4 nitrogen and oxygen atoms in total. The zero-order valence-electron chi connectivity index (χ0n) is 11.1. The van der Waals surface area contributed by atoms with Crippen LogP contribution in [0.4, 0.5) is 11.4 Å². The fraction of sp³-hybridized carbons (Fsp3) is 0.200. The monoisotopic (exact) mass is 290 g/mol. The molecule has 0 aliphatic heterocycles. The predicted molar refractivity (Wildman–Crippen MR) is 81.3 cm³/mol. The number of nitrogens with zero attached hydrogens (tertiary/aromatic N) is 1. The van der Waals surface area contributed by atoms with E-state index in [0.29, 0.717) is 17.1 Å². The topological polar surface area (TPSA) is 55.2 Å². The van der Waals surface area contributed by atoms with Crippen molar-refractivity contribution in [3.8, 4) is 0 Å². The first kappa shape index (κ1) is 14.3. The number of nitro benzene ring substituents is 1. The van der Waals surface area contributed by atoms with E-state index >= 15 is 0 Å². The molecule has 0 fully saturated rings. The van der Waals surface area contributed by atoms with E-state index in [9.17, 15) is 10.1 Å². The fourth-order valence-corrected chi connectivity index (χ4v) is 2.05. The number of non-ortho nitro benzene ring substituents is 1. The van der Waals surface area contributed by atoms with E-state index in [1.165, 1.54) is 17.7 Å². The van der Waals surface area contributed by atoms with Crippen LogP contribution >= 0.6 is 11.6 Å². The van der Waals surface area contributed by atoms with Crippen LogP contribution in [-0.2, 0) is 13.0 Å². The Morgan fingerprint density at radius 2 is 1.90 bits per heavy atom. The summed E-state index contributed by atoms with van der Waals surface area (Å²) in [7, 11) is 0. The van der Waals surface area contributed by atoms with Crippen LogP contribution in [0.25, 0.3) is 0 Å². The van der Waals surface area contributed by atoms with Gasteiger partial charge in [0.2, 0.25) is 0 Å². The molecule has 2 aromatic rings. The molecule has 0 unspecified atom stereocenters. The van der Waals surface area contributed by atoms with Gasteiger partial charge in [-0.2, -0.15) is 0 Å². The summed E-state index contributed by atoms with van der Waals surface area (Å²) in [5.74, 6) is 0. The molecule has 20 heavy (non-hydrogen) atoms. The Morgan fingerprint density at radius 3 is 2.50 bits per heavy atom. The summed E-state index contributed by atoms with van der Waals surface area (Å²) in [6.45, 7) is 2.55. The minimum Gasteiger partial charge on any atom is -0.381 e. The average molecular weight is 291 g/mol. The number of rotatable bonds is 5. The third-order valence-corrected chi connectivity index (χ3v) is 3.45. The maximum atomic E-state index is 10.8. The summed E-state index contributed by atoms with van der Waals surface area (Å²) >= 11 is 6.05. The van der Waals surface area contributed by atoms with Crippen molar-refractivity contribution < 1.29 is 4.92 Å². The number of benzene rings is 2. The van der Waals surface area contributed by atoms with Crippen LogP contribution in [-0.4, -0.2) is 4.92 Å². The molecule has 104 valence electrons. The van der Waals surface area contributed by atoms with Gasteiger partial charge in [-0.1, -0.05) is 30.7 Å². The smallest absolute Gasteiger partial charge is 0.269 e. The molecule has 0 heterocycles. The maximum absolute atomic E-state index is 10.8. The largest absolute Gasteiger partial charge is 0.381 e. The van der Waals surface area contributed by atoms with Gasteiger partial charge in [0.15, 0.2) is 0 Å². The third-order valence-electron chi connectivity index (χ3n) is 3.09. The zero-order valence-corrected chi connectivity index (χ0v) is 11.9. The second-order valence-electron chi connectivity index (χ2n) is 4.44. The highest BCUT2D eigenvalue weighted by Crippen LogP contribution is 2.23.